The normalized spacial score (nSPS) is 29.2. The van der Waals surface area contributed by atoms with E-state index in [1.165, 1.54) is 25.1 Å². The van der Waals surface area contributed by atoms with Crippen molar-refractivity contribution in [3.8, 4) is 0 Å². The van der Waals surface area contributed by atoms with Crippen molar-refractivity contribution in [2.24, 2.45) is 5.92 Å². The van der Waals surface area contributed by atoms with Crippen LogP contribution in [0.3, 0.4) is 0 Å². The lowest BCUT2D eigenvalue weighted by Gasteiger charge is -2.41. The Bertz CT molecular complexity index is 420. The summed E-state index contributed by atoms with van der Waals surface area (Å²) < 4.78 is 13.0. The first kappa shape index (κ1) is 13.0. The second-order valence-electron chi connectivity index (χ2n) is 5.69. The number of nitrogens with one attached hydrogen (secondary N) is 1. The molecule has 1 aromatic heterocycles. The van der Waals surface area contributed by atoms with Crippen molar-refractivity contribution in [2.75, 3.05) is 19.6 Å². The Balaban J connectivity index is 1.82. The Morgan fingerprint density at radius 1 is 1.47 bits per heavy atom. The zero-order chi connectivity index (χ0) is 13.2. The molecular weight excluding hydrogens is 241 g/mol. The predicted octanol–water partition coefficient (Wildman–Crippen LogP) is 2.36. The monoisotopic (exact) mass is 263 g/mol. The van der Waals surface area contributed by atoms with E-state index in [4.69, 9.17) is 0 Å². The highest BCUT2D eigenvalue weighted by molar-refractivity contribution is 5.11. The average Bonchev–Trinajstić information content (AvgIpc) is 2.91. The molecule has 4 heteroatoms. The molecule has 3 unspecified atom stereocenters. The lowest BCUT2D eigenvalue weighted by molar-refractivity contribution is 0.0724. The number of nitrogens with zero attached hydrogens (tertiary/aromatic N) is 2. The van der Waals surface area contributed by atoms with E-state index >= 15 is 0 Å². The second-order valence-corrected chi connectivity index (χ2v) is 5.69. The van der Waals surface area contributed by atoms with E-state index in [2.05, 4.69) is 22.1 Å². The van der Waals surface area contributed by atoms with Gasteiger partial charge in [-0.25, -0.2) is 4.39 Å². The predicted molar refractivity (Wildman–Crippen MR) is 73.3 cm³/mol. The molecule has 104 valence electrons. The van der Waals surface area contributed by atoms with Gasteiger partial charge in [0, 0.05) is 12.6 Å². The molecular formula is C15H22FN3. The first-order chi connectivity index (χ1) is 9.29. The standard InChI is InChI=1S/C15H22FN3/c1-2-14(13-6-5-12(16)9-18-13)19-7-3-4-11-8-17-10-15(11)19/h5-6,9,11,14-15,17H,2-4,7-8,10H2,1H3. The number of rotatable bonds is 3. The van der Waals surface area contributed by atoms with E-state index in [-0.39, 0.29) is 5.82 Å². The molecule has 2 aliphatic rings. The molecule has 0 spiro atoms. The van der Waals surface area contributed by atoms with Crippen LogP contribution >= 0.6 is 0 Å². The first-order valence-corrected chi connectivity index (χ1v) is 7.37. The maximum absolute atomic E-state index is 13.0. The molecule has 0 saturated carbocycles. The summed E-state index contributed by atoms with van der Waals surface area (Å²) in [6.45, 7) is 5.57. The zero-order valence-electron chi connectivity index (χ0n) is 11.5. The van der Waals surface area contributed by atoms with Crippen LogP contribution in [-0.4, -0.2) is 35.6 Å². The van der Waals surface area contributed by atoms with E-state index in [1.54, 1.807) is 0 Å². The summed E-state index contributed by atoms with van der Waals surface area (Å²) in [7, 11) is 0. The lowest BCUT2D eigenvalue weighted by atomic mass is 9.89. The van der Waals surface area contributed by atoms with Crippen LogP contribution in [0.25, 0.3) is 0 Å². The van der Waals surface area contributed by atoms with Gasteiger partial charge < -0.3 is 5.32 Å². The summed E-state index contributed by atoms with van der Waals surface area (Å²) in [6.07, 6.45) is 4.97. The van der Waals surface area contributed by atoms with Gasteiger partial charge in [0.05, 0.1) is 17.9 Å². The molecule has 19 heavy (non-hydrogen) atoms. The van der Waals surface area contributed by atoms with Gasteiger partial charge in [-0.15, -0.1) is 0 Å². The fourth-order valence-corrected chi connectivity index (χ4v) is 3.69. The molecule has 1 aromatic rings. The van der Waals surface area contributed by atoms with E-state index in [0.717, 1.165) is 37.7 Å². The number of pyridine rings is 1. The Kier molecular flexibility index (Phi) is 3.80. The van der Waals surface area contributed by atoms with Gasteiger partial charge in [0.2, 0.25) is 0 Å². The van der Waals surface area contributed by atoms with Gasteiger partial charge in [0.1, 0.15) is 5.82 Å². The molecule has 0 bridgehead atoms. The molecule has 3 atom stereocenters. The molecule has 0 amide bonds. The quantitative estimate of drug-likeness (QED) is 0.907. The van der Waals surface area contributed by atoms with Crippen LogP contribution < -0.4 is 5.32 Å². The Hall–Kier alpha value is -1.00. The Labute approximate surface area is 114 Å². The van der Waals surface area contributed by atoms with Crippen LogP contribution in [0.2, 0.25) is 0 Å². The molecule has 2 aliphatic heterocycles. The van der Waals surface area contributed by atoms with Crippen LogP contribution in [0.5, 0.6) is 0 Å². The van der Waals surface area contributed by atoms with Crippen LogP contribution in [0.4, 0.5) is 4.39 Å². The third-order valence-electron chi connectivity index (χ3n) is 4.60. The summed E-state index contributed by atoms with van der Waals surface area (Å²) in [6, 6.07) is 4.33. The van der Waals surface area contributed by atoms with Crippen molar-refractivity contribution < 1.29 is 4.39 Å². The van der Waals surface area contributed by atoms with Gasteiger partial charge in [-0.3, -0.25) is 9.88 Å². The van der Waals surface area contributed by atoms with Crippen molar-refractivity contribution in [3.63, 3.8) is 0 Å². The molecule has 3 nitrogen and oxygen atoms in total. The highest BCUT2D eigenvalue weighted by Crippen LogP contribution is 2.34. The number of piperidine rings is 1. The van der Waals surface area contributed by atoms with Crippen LogP contribution in [0.15, 0.2) is 18.3 Å². The number of fused-ring (bicyclic) bond motifs is 1. The minimum absolute atomic E-state index is 0.252. The molecule has 0 aliphatic carbocycles. The number of halogens is 1. The SMILES string of the molecule is CCC(c1ccc(F)cn1)N1CCCC2CNCC21. The molecule has 3 rings (SSSR count). The smallest absolute Gasteiger partial charge is 0.141 e. The largest absolute Gasteiger partial charge is 0.315 e. The van der Waals surface area contributed by atoms with Gasteiger partial charge in [0.15, 0.2) is 0 Å². The Morgan fingerprint density at radius 2 is 2.37 bits per heavy atom. The topological polar surface area (TPSA) is 28.2 Å². The zero-order valence-corrected chi connectivity index (χ0v) is 11.5. The van der Waals surface area contributed by atoms with Gasteiger partial charge in [0.25, 0.3) is 0 Å². The number of hydrogen-bond acceptors (Lipinski definition) is 3. The average molecular weight is 263 g/mol. The summed E-state index contributed by atoms with van der Waals surface area (Å²) in [4.78, 5) is 6.89. The number of hydrogen-bond donors (Lipinski definition) is 1. The van der Waals surface area contributed by atoms with E-state index < -0.39 is 0 Å². The van der Waals surface area contributed by atoms with E-state index in [9.17, 15) is 4.39 Å². The minimum atomic E-state index is -0.252. The number of aromatic nitrogens is 1. The fraction of sp³-hybridized carbons (Fsp3) is 0.667. The van der Waals surface area contributed by atoms with Gasteiger partial charge in [-0.1, -0.05) is 6.92 Å². The van der Waals surface area contributed by atoms with Crippen molar-refractivity contribution >= 4 is 0 Å². The highest BCUT2D eigenvalue weighted by atomic mass is 19.1. The van der Waals surface area contributed by atoms with E-state index in [1.807, 2.05) is 6.07 Å². The Morgan fingerprint density at radius 3 is 3.11 bits per heavy atom. The third-order valence-corrected chi connectivity index (χ3v) is 4.60. The molecule has 2 fully saturated rings. The summed E-state index contributed by atoms with van der Waals surface area (Å²) in [5.41, 5.74) is 1.01. The van der Waals surface area contributed by atoms with Crippen molar-refractivity contribution in [3.05, 3.63) is 29.8 Å². The fourth-order valence-electron chi connectivity index (χ4n) is 3.69. The molecule has 3 heterocycles. The van der Waals surface area contributed by atoms with Crippen LogP contribution in [0.1, 0.15) is 37.9 Å². The summed E-state index contributed by atoms with van der Waals surface area (Å²) in [5.74, 6) is 0.529. The highest BCUT2D eigenvalue weighted by Gasteiger charge is 2.38. The van der Waals surface area contributed by atoms with E-state index in [0.29, 0.717) is 12.1 Å². The lowest BCUT2D eigenvalue weighted by Crippen LogP contribution is -2.46. The van der Waals surface area contributed by atoms with Gasteiger partial charge in [-0.2, -0.15) is 0 Å². The van der Waals surface area contributed by atoms with Gasteiger partial charge >= 0.3 is 0 Å². The molecule has 1 N–H and O–H groups in total. The van der Waals surface area contributed by atoms with Crippen molar-refractivity contribution in [1.29, 1.82) is 0 Å². The van der Waals surface area contributed by atoms with Gasteiger partial charge in [-0.05, 0) is 50.4 Å². The number of likely N-dealkylation sites (tertiary alicyclic amines) is 1. The summed E-state index contributed by atoms with van der Waals surface area (Å²) in [5, 5.41) is 3.51. The maximum Gasteiger partial charge on any atom is 0.141 e. The minimum Gasteiger partial charge on any atom is -0.315 e. The molecule has 0 radical (unpaired) electrons. The molecule has 0 aromatic carbocycles. The summed E-state index contributed by atoms with van der Waals surface area (Å²) >= 11 is 0. The second kappa shape index (κ2) is 5.55. The van der Waals surface area contributed by atoms with Crippen LogP contribution in [0, 0.1) is 11.7 Å². The van der Waals surface area contributed by atoms with Crippen molar-refractivity contribution in [2.45, 2.75) is 38.3 Å². The maximum atomic E-state index is 13.0. The first-order valence-electron chi connectivity index (χ1n) is 7.37. The van der Waals surface area contributed by atoms with Crippen LogP contribution in [-0.2, 0) is 0 Å². The van der Waals surface area contributed by atoms with Crippen molar-refractivity contribution in [1.82, 2.24) is 15.2 Å². The molecule has 2 saturated heterocycles. The third kappa shape index (κ3) is 2.51.